The summed E-state index contributed by atoms with van der Waals surface area (Å²) in [5, 5.41) is 0. The van der Waals surface area contributed by atoms with Gasteiger partial charge in [-0.1, -0.05) is 78.9 Å². The molecule has 6 rings (SSSR count). The predicted octanol–water partition coefficient (Wildman–Crippen LogP) is 4.01. The second-order valence-electron chi connectivity index (χ2n) is 7.80. The topological polar surface area (TPSA) is 37.4 Å². The maximum Gasteiger partial charge on any atom is 0.244 e. The number of allylic oxidation sites excluding steroid dienone is 2. The van der Waals surface area contributed by atoms with Crippen LogP contribution in [0.2, 0.25) is 0 Å². The summed E-state index contributed by atoms with van der Waals surface area (Å²) in [6, 6.07) is 18.1. The SMILES string of the molecule is Cc1ccccc1CN1C(=O)[C@@H]2[C@@H](c3ccccc3)C3C=CC2(C=C3)C1=O. The number of hydrogen-bond acceptors (Lipinski definition) is 2. The summed E-state index contributed by atoms with van der Waals surface area (Å²) in [5.41, 5.74) is 2.42. The Labute approximate surface area is 159 Å². The third-order valence-corrected chi connectivity index (χ3v) is 6.40. The fourth-order valence-corrected chi connectivity index (χ4v) is 4.96. The molecule has 0 N–H and O–H groups in total. The molecule has 4 aliphatic rings. The van der Waals surface area contributed by atoms with E-state index in [0.717, 1.165) is 16.7 Å². The van der Waals surface area contributed by atoms with Crippen molar-refractivity contribution in [2.45, 2.75) is 19.4 Å². The van der Waals surface area contributed by atoms with Gasteiger partial charge in [0.15, 0.2) is 0 Å². The number of hydrogen-bond donors (Lipinski definition) is 0. The van der Waals surface area contributed by atoms with Gasteiger partial charge < -0.3 is 0 Å². The van der Waals surface area contributed by atoms with E-state index in [4.69, 9.17) is 0 Å². The first-order chi connectivity index (χ1) is 13.1. The Bertz CT molecular complexity index is 974. The molecule has 3 aliphatic carbocycles. The molecule has 3 nitrogen and oxygen atoms in total. The summed E-state index contributed by atoms with van der Waals surface area (Å²) in [6.07, 6.45) is 8.16. The molecular formula is C24H21NO2. The fraction of sp³-hybridized carbons (Fsp3) is 0.250. The zero-order valence-corrected chi connectivity index (χ0v) is 15.2. The number of carbonyl (C=O) groups is 2. The highest BCUT2D eigenvalue weighted by molar-refractivity contribution is 6.10. The normalized spacial score (nSPS) is 30.9. The number of amides is 2. The minimum absolute atomic E-state index is 0.0134. The van der Waals surface area contributed by atoms with Crippen LogP contribution in [0.15, 0.2) is 78.9 Å². The molecule has 0 unspecified atom stereocenters. The molecule has 1 fully saturated rings. The first kappa shape index (κ1) is 16.2. The van der Waals surface area contributed by atoms with Crippen LogP contribution in [-0.2, 0) is 16.1 Å². The summed E-state index contributed by atoms with van der Waals surface area (Å²) in [6.45, 7) is 2.36. The van der Waals surface area contributed by atoms with E-state index in [1.54, 1.807) is 0 Å². The molecule has 0 radical (unpaired) electrons. The summed E-state index contributed by atoms with van der Waals surface area (Å²) >= 11 is 0. The van der Waals surface area contributed by atoms with Crippen molar-refractivity contribution in [1.29, 1.82) is 0 Å². The van der Waals surface area contributed by atoms with Crippen molar-refractivity contribution in [3.05, 3.63) is 95.6 Å². The van der Waals surface area contributed by atoms with Crippen molar-refractivity contribution in [3.63, 3.8) is 0 Å². The van der Waals surface area contributed by atoms with Gasteiger partial charge in [-0.3, -0.25) is 14.5 Å². The predicted molar refractivity (Wildman–Crippen MR) is 104 cm³/mol. The van der Waals surface area contributed by atoms with Gasteiger partial charge in [-0.15, -0.1) is 0 Å². The van der Waals surface area contributed by atoms with E-state index in [1.807, 2.05) is 61.5 Å². The molecular weight excluding hydrogens is 334 g/mol. The van der Waals surface area contributed by atoms with Crippen LogP contribution in [0.4, 0.5) is 0 Å². The Hall–Kier alpha value is -2.94. The van der Waals surface area contributed by atoms with Crippen molar-refractivity contribution in [1.82, 2.24) is 4.90 Å². The second-order valence-corrected chi connectivity index (χ2v) is 7.80. The van der Waals surface area contributed by atoms with Crippen LogP contribution in [-0.4, -0.2) is 16.7 Å². The third kappa shape index (κ3) is 2.21. The first-order valence-electron chi connectivity index (χ1n) is 9.46. The Kier molecular flexibility index (Phi) is 3.48. The summed E-state index contributed by atoms with van der Waals surface area (Å²) in [7, 11) is 0. The lowest BCUT2D eigenvalue weighted by atomic mass is 9.57. The van der Waals surface area contributed by atoms with Crippen molar-refractivity contribution in [2.75, 3.05) is 0 Å². The van der Waals surface area contributed by atoms with Gasteiger partial charge in [0.2, 0.25) is 11.8 Å². The fourth-order valence-electron chi connectivity index (χ4n) is 4.96. The number of likely N-dealkylation sites (tertiary alicyclic amines) is 1. The number of imide groups is 1. The summed E-state index contributed by atoms with van der Waals surface area (Å²) in [5.74, 6) is -0.312. The average molecular weight is 355 g/mol. The van der Waals surface area contributed by atoms with Gasteiger partial charge in [0.05, 0.1) is 17.9 Å². The second kappa shape index (κ2) is 5.78. The van der Waals surface area contributed by atoms with Crippen molar-refractivity contribution in [2.24, 2.45) is 17.3 Å². The van der Waals surface area contributed by atoms with E-state index in [0.29, 0.717) is 6.54 Å². The van der Waals surface area contributed by atoms with E-state index in [1.165, 1.54) is 4.90 Å². The standard InChI is InChI=1S/C24H21NO2/c1-16-7-5-6-10-19(16)15-25-22(26)21-20(17-8-3-2-4-9-17)18-11-13-24(21,14-12-18)23(25)27/h2-14,18,20-21H,15H2,1H3/t18?,20-,21-,24?/m0/s1. The van der Waals surface area contributed by atoms with Crippen molar-refractivity contribution >= 4 is 11.8 Å². The molecule has 2 amide bonds. The lowest BCUT2D eigenvalue weighted by Crippen LogP contribution is -2.42. The van der Waals surface area contributed by atoms with Crippen molar-refractivity contribution < 1.29 is 9.59 Å². The molecule has 2 aromatic carbocycles. The van der Waals surface area contributed by atoms with E-state index in [9.17, 15) is 9.59 Å². The Balaban J connectivity index is 1.58. The zero-order valence-electron chi connectivity index (χ0n) is 15.2. The zero-order chi connectivity index (χ0) is 18.6. The number of rotatable bonds is 3. The highest BCUT2D eigenvalue weighted by Gasteiger charge is 2.63. The smallest absolute Gasteiger partial charge is 0.244 e. The molecule has 0 saturated carbocycles. The van der Waals surface area contributed by atoms with Crippen LogP contribution in [0, 0.1) is 24.2 Å². The minimum Gasteiger partial charge on any atom is -0.277 e. The van der Waals surface area contributed by atoms with Gasteiger partial charge in [0.1, 0.15) is 0 Å². The molecule has 0 aromatic heterocycles. The van der Waals surface area contributed by atoms with Gasteiger partial charge in [-0.05, 0) is 23.6 Å². The van der Waals surface area contributed by atoms with E-state index < -0.39 is 5.41 Å². The lowest BCUT2D eigenvalue weighted by molar-refractivity contribution is -0.141. The summed E-state index contributed by atoms with van der Waals surface area (Å²) < 4.78 is 0. The van der Waals surface area contributed by atoms with Crippen LogP contribution in [0.3, 0.4) is 0 Å². The molecule has 2 aromatic rings. The van der Waals surface area contributed by atoms with E-state index in [-0.39, 0.29) is 29.6 Å². The Morgan fingerprint density at radius 1 is 0.926 bits per heavy atom. The van der Waals surface area contributed by atoms with Gasteiger partial charge >= 0.3 is 0 Å². The largest absolute Gasteiger partial charge is 0.277 e. The number of benzene rings is 2. The molecule has 1 aliphatic heterocycles. The van der Waals surface area contributed by atoms with Crippen LogP contribution in [0.5, 0.6) is 0 Å². The lowest BCUT2D eigenvalue weighted by Gasteiger charge is -2.42. The molecule has 2 atom stereocenters. The van der Waals surface area contributed by atoms with Crippen LogP contribution >= 0.6 is 0 Å². The highest BCUT2D eigenvalue weighted by Crippen LogP contribution is 2.57. The molecule has 1 heterocycles. The van der Waals surface area contributed by atoms with Gasteiger partial charge in [-0.2, -0.15) is 0 Å². The molecule has 1 spiro atoms. The monoisotopic (exact) mass is 355 g/mol. The maximum atomic E-state index is 13.5. The molecule has 27 heavy (non-hydrogen) atoms. The summed E-state index contributed by atoms with van der Waals surface area (Å²) in [4.78, 5) is 28.4. The van der Waals surface area contributed by atoms with Gasteiger partial charge in [0, 0.05) is 11.8 Å². The number of nitrogens with zero attached hydrogens (tertiary/aromatic N) is 1. The molecule has 134 valence electrons. The maximum absolute atomic E-state index is 13.5. The quantitative estimate of drug-likeness (QED) is 0.616. The average Bonchev–Trinajstić information content (AvgIpc) is 2.92. The molecule has 3 heteroatoms. The van der Waals surface area contributed by atoms with Crippen LogP contribution in [0.25, 0.3) is 0 Å². The Morgan fingerprint density at radius 3 is 2.30 bits per heavy atom. The number of carbonyl (C=O) groups excluding carboxylic acids is 2. The Morgan fingerprint density at radius 2 is 1.59 bits per heavy atom. The first-order valence-corrected chi connectivity index (χ1v) is 9.46. The van der Waals surface area contributed by atoms with Crippen LogP contribution in [0.1, 0.15) is 22.6 Å². The number of aryl methyl sites for hydroxylation is 1. The van der Waals surface area contributed by atoms with Crippen LogP contribution < -0.4 is 0 Å². The van der Waals surface area contributed by atoms with Gasteiger partial charge in [-0.25, -0.2) is 0 Å². The van der Waals surface area contributed by atoms with E-state index >= 15 is 0 Å². The third-order valence-electron chi connectivity index (χ3n) is 6.40. The van der Waals surface area contributed by atoms with Gasteiger partial charge in [0.25, 0.3) is 0 Å². The van der Waals surface area contributed by atoms with Crippen molar-refractivity contribution in [3.8, 4) is 0 Å². The molecule has 1 saturated heterocycles. The minimum atomic E-state index is -0.824. The highest BCUT2D eigenvalue weighted by atomic mass is 16.2. The van der Waals surface area contributed by atoms with E-state index in [2.05, 4.69) is 24.3 Å². The molecule has 2 bridgehead atoms.